The van der Waals surface area contributed by atoms with E-state index in [0.717, 1.165) is 51.3 Å². The highest BCUT2D eigenvalue weighted by atomic mass is 19.1. The zero-order valence-corrected chi connectivity index (χ0v) is 19.4. The smallest absolute Gasteiger partial charge is 0.312 e. The molecule has 0 aliphatic carbocycles. The molecule has 4 heterocycles. The van der Waals surface area contributed by atoms with Gasteiger partial charge in [0.25, 0.3) is 5.91 Å². The molecule has 1 atom stereocenters. The first-order valence-corrected chi connectivity index (χ1v) is 12.2. The molecule has 5 rings (SSSR count). The number of pyridine rings is 1. The van der Waals surface area contributed by atoms with Crippen molar-refractivity contribution in [1.29, 1.82) is 0 Å². The van der Waals surface area contributed by atoms with Gasteiger partial charge in [-0.25, -0.2) is 4.39 Å². The molecule has 1 amide bonds. The molecule has 0 saturated carbocycles. The number of piperazine rings is 1. The number of nitrogens with zero attached hydrogens (tertiary/aromatic N) is 4. The van der Waals surface area contributed by atoms with Gasteiger partial charge in [0.05, 0.1) is 11.0 Å². The van der Waals surface area contributed by atoms with E-state index < -0.39 is 5.41 Å². The van der Waals surface area contributed by atoms with Crippen LogP contribution < -0.4 is 4.90 Å². The Hall–Kier alpha value is -3.00. The van der Waals surface area contributed by atoms with Crippen molar-refractivity contribution in [2.75, 3.05) is 50.7 Å². The van der Waals surface area contributed by atoms with Crippen molar-refractivity contribution in [2.24, 2.45) is 5.41 Å². The Morgan fingerprint density at radius 2 is 1.79 bits per heavy atom. The maximum atomic E-state index is 13.2. The number of likely N-dealkylation sites (tertiary alicyclic amines) is 1. The number of amides is 1. The number of aromatic nitrogens is 1. The summed E-state index contributed by atoms with van der Waals surface area (Å²) in [5.74, 6) is -0.324. The molecule has 3 aliphatic rings. The number of hydrogen-bond acceptors (Lipinski definition) is 6. The topological polar surface area (TPSA) is 66.0 Å². The molecule has 0 bridgehead atoms. The lowest BCUT2D eigenvalue weighted by Gasteiger charge is -2.37. The third-order valence-corrected chi connectivity index (χ3v) is 7.57. The van der Waals surface area contributed by atoms with Crippen LogP contribution in [0.5, 0.6) is 0 Å². The van der Waals surface area contributed by atoms with Gasteiger partial charge in [-0.05, 0) is 55.7 Å². The zero-order chi connectivity index (χ0) is 23.5. The van der Waals surface area contributed by atoms with Crippen molar-refractivity contribution in [1.82, 2.24) is 14.8 Å². The molecular formula is C26H31FN4O3. The summed E-state index contributed by atoms with van der Waals surface area (Å²) >= 11 is 0. The Labute approximate surface area is 199 Å². The van der Waals surface area contributed by atoms with Gasteiger partial charge in [0.2, 0.25) is 0 Å². The van der Waals surface area contributed by atoms with Crippen LogP contribution in [0.4, 0.5) is 10.1 Å². The summed E-state index contributed by atoms with van der Waals surface area (Å²) in [6.07, 6.45) is 6.09. The van der Waals surface area contributed by atoms with Gasteiger partial charge in [0, 0.05) is 70.3 Å². The van der Waals surface area contributed by atoms with E-state index in [9.17, 15) is 14.0 Å². The minimum Gasteiger partial charge on any atom is -0.462 e. The molecule has 1 spiro atoms. The largest absolute Gasteiger partial charge is 0.462 e. The van der Waals surface area contributed by atoms with Crippen molar-refractivity contribution in [2.45, 2.75) is 31.8 Å². The average molecular weight is 467 g/mol. The number of hydrogen-bond donors (Lipinski definition) is 0. The van der Waals surface area contributed by atoms with Crippen LogP contribution in [0.1, 0.15) is 36.0 Å². The number of cyclic esters (lactones) is 1. The summed E-state index contributed by atoms with van der Waals surface area (Å²) in [6.45, 7) is 5.73. The molecule has 1 aromatic carbocycles. The number of esters is 1. The highest BCUT2D eigenvalue weighted by Gasteiger charge is 2.50. The quantitative estimate of drug-likeness (QED) is 0.632. The molecule has 0 N–H and O–H groups in total. The number of carbonyl (C=O) groups excluding carboxylic acids is 2. The van der Waals surface area contributed by atoms with E-state index in [2.05, 4.69) is 14.8 Å². The number of anilines is 1. The molecule has 1 aromatic heterocycles. The van der Waals surface area contributed by atoms with E-state index in [0.29, 0.717) is 31.5 Å². The first-order valence-electron chi connectivity index (χ1n) is 12.2. The van der Waals surface area contributed by atoms with Crippen molar-refractivity contribution in [3.63, 3.8) is 0 Å². The fraction of sp³-hybridized carbons (Fsp3) is 0.500. The minimum absolute atomic E-state index is 0.0226. The Morgan fingerprint density at radius 1 is 1.06 bits per heavy atom. The van der Waals surface area contributed by atoms with Gasteiger partial charge in [0.15, 0.2) is 0 Å². The molecule has 0 unspecified atom stereocenters. The number of halogens is 1. The third-order valence-electron chi connectivity index (χ3n) is 7.57. The average Bonchev–Trinajstić information content (AvgIpc) is 3.18. The van der Waals surface area contributed by atoms with E-state index in [-0.39, 0.29) is 23.8 Å². The summed E-state index contributed by atoms with van der Waals surface area (Å²) < 4.78 is 19.0. The van der Waals surface area contributed by atoms with Gasteiger partial charge >= 0.3 is 5.97 Å². The Kier molecular flexibility index (Phi) is 6.50. The van der Waals surface area contributed by atoms with Gasteiger partial charge < -0.3 is 14.5 Å². The molecular weight excluding hydrogens is 435 g/mol. The van der Waals surface area contributed by atoms with Crippen LogP contribution >= 0.6 is 0 Å². The van der Waals surface area contributed by atoms with Crippen molar-refractivity contribution in [3.05, 3.63) is 60.2 Å². The van der Waals surface area contributed by atoms with Crippen molar-refractivity contribution in [3.8, 4) is 0 Å². The van der Waals surface area contributed by atoms with E-state index in [1.807, 2.05) is 17.0 Å². The maximum absolute atomic E-state index is 13.2. The van der Waals surface area contributed by atoms with Gasteiger partial charge in [-0.2, -0.15) is 0 Å². The second-order valence-electron chi connectivity index (χ2n) is 9.64. The lowest BCUT2D eigenvalue weighted by Crippen LogP contribution is -2.47. The molecule has 34 heavy (non-hydrogen) atoms. The summed E-state index contributed by atoms with van der Waals surface area (Å²) in [4.78, 5) is 36.0. The standard InChI is InChI=1S/C26H31FN4O3/c27-21-3-5-22(6-4-21)30-16-14-29(15-17-30)11-7-23-18-26(25(33)34-23)8-12-31(13-9-26)24(32)20-2-1-10-28-19-20/h1-6,10,19,23H,7-9,11-18H2/t23-/m0/s1. The predicted octanol–water partition coefficient (Wildman–Crippen LogP) is 2.97. The number of rotatable bonds is 5. The molecule has 3 saturated heterocycles. The molecule has 3 fully saturated rings. The second kappa shape index (κ2) is 9.70. The minimum atomic E-state index is -0.447. The van der Waals surface area contributed by atoms with E-state index in [4.69, 9.17) is 4.74 Å². The van der Waals surface area contributed by atoms with Gasteiger partial charge in [-0.3, -0.25) is 19.5 Å². The number of benzene rings is 1. The molecule has 180 valence electrons. The van der Waals surface area contributed by atoms with Gasteiger partial charge in [0.1, 0.15) is 11.9 Å². The molecule has 0 radical (unpaired) electrons. The number of carbonyl (C=O) groups is 2. The Bertz CT molecular complexity index is 1000. The molecule has 2 aromatic rings. The Morgan fingerprint density at radius 3 is 2.47 bits per heavy atom. The molecule has 7 nitrogen and oxygen atoms in total. The van der Waals surface area contributed by atoms with Crippen molar-refractivity contribution < 1.29 is 18.7 Å². The zero-order valence-electron chi connectivity index (χ0n) is 19.4. The predicted molar refractivity (Wildman–Crippen MR) is 126 cm³/mol. The fourth-order valence-electron chi connectivity index (χ4n) is 5.42. The third kappa shape index (κ3) is 4.78. The monoisotopic (exact) mass is 466 g/mol. The fourth-order valence-corrected chi connectivity index (χ4v) is 5.42. The van der Waals surface area contributed by atoms with E-state index >= 15 is 0 Å². The Balaban J connectivity index is 1.08. The van der Waals surface area contributed by atoms with Crippen LogP contribution in [-0.2, 0) is 9.53 Å². The second-order valence-corrected chi connectivity index (χ2v) is 9.64. The van der Waals surface area contributed by atoms with Crippen LogP contribution in [0, 0.1) is 11.2 Å². The number of ether oxygens (including phenoxy) is 1. The first-order chi connectivity index (χ1) is 16.5. The van der Waals surface area contributed by atoms with E-state index in [1.165, 1.54) is 12.1 Å². The summed E-state index contributed by atoms with van der Waals surface area (Å²) in [6, 6.07) is 10.2. The summed E-state index contributed by atoms with van der Waals surface area (Å²) in [5, 5.41) is 0. The van der Waals surface area contributed by atoms with Crippen LogP contribution in [0.15, 0.2) is 48.8 Å². The first kappa shape index (κ1) is 22.8. The summed E-state index contributed by atoms with van der Waals surface area (Å²) in [5.41, 5.74) is 1.20. The summed E-state index contributed by atoms with van der Waals surface area (Å²) in [7, 11) is 0. The van der Waals surface area contributed by atoms with Crippen molar-refractivity contribution >= 4 is 17.6 Å². The van der Waals surface area contributed by atoms with Gasteiger partial charge in [-0.1, -0.05) is 0 Å². The maximum Gasteiger partial charge on any atom is 0.312 e. The van der Waals surface area contributed by atoms with Crippen LogP contribution in [0.3, 0.4) is 0 Å². The van der Waals surface area contributed by atoms with Gasteiger partial charge in [-0.15, -0.1) is 0 Å². The molecule has 3 aliphatic heterocycles. The number of piperidine rings is 1. The van der Waals surface area contributed by atoms with Crippen LogP contribution in [0.25, 0.3) is 0 Å². The molecule has 8 heteroatoms. The lowest BCUT2D eigenvalue weighted by molar-refractivity contribution is -0.150. The van der Waals surface area contributed by atoms with E-state index in [1.54, 1.807) is 24.5 Å². The highest BCUT2D eigenvalue weighted by molar-refractivity contribution is 5.94. The normalized spacial score (nSPS) is 22.7. The SMILES string of the molecule is O=C(c1cccnc1)N1CCC2(CC1)C[C@H](CCN1CCN(c3ccc(F)cc3)CC1)OC2=O. The van der Waals surface area contributed by atoms with Crippen LogP contribution in [0.2, 0.25) is 0 Å². The highest BCUT2D eigenvalue weighted by Crippen LogP contribution is 2.44. The lowest BCUT2D eigenvalue weighted by atomic mass is 9.75. The van der Waals surface area contributed by atoms with Crippen LogP contribution in [-0.4, -0.2) is 78.6 Å².